The van der Waals surface area contributed by atoms with E-state index in [1.54, 1.807) is 18.2 Å². The zero-order valence-corrected chi connectivity index (χ0v) is 11.6. The lowest BCUT2D eigenvalue weighted by atomic mass is 10.1. The molecule has 1 N–H and O–H groups in total. The van der Waals surface area contributed by atoms with E-state index >= 15 is 0 Å². The van der Waals surface area contributed by atoms with Crippen molar-refractivity contribution in [2.24, 2.45) is 0 Å². The number of benzene rings is 1. The number of aliphatic carboxylic acids is 1. The molecule has 0 saturated heterocycles. The molecular weight excluding hydrogens is 314 g/mol. The number of carboxylic acids is 1. The van der Waals surface area contributed by atoms with Crippen molar-refractivity contribution < 1.29 is 14.8 Å². The van der Waals surface area contributed by atoms with E-state index in [4.69, 9.17) is 5.11 Å². The van der Waals surface area contributed by atoms with Gasteiger partial charge in [0, 0.05) is 17.7 Å². The monoisotopic (exact) mass is 325 g/mol. The number of nitrogens with zero attached hydrogens (tertiary/aromatic N) is 1. The molecule has 0 aromatic heterocycles. The van der Waals surface area contributed by atoms with E-state index in [0.717, 1.165) is 10.0 Å². The number of nitro groups is 1. The third-order valence-corrected chi connectivity index (χ3v) is 3.02. The molecule has 1 aromatic rings. The molecule has 0 aliphatic heterocycles. The average Bonchev–Trinajstić information content (AvgIpc) is 2.36. The normalized spacial score (nSPS) is 11.1. The summed E-state index contributed by atoms with van der Waals surface area (Å²) in [6, 6.07) is 6.10. The van der Waals surface area contributed by atoms with Crippen LogP contribution in [-0.2, 0) is 4.79 Å². The molecule has 100 valence electrons. The molecule has 1 rings (SSSR count). The predicted octanol–water partition coefficient (Wildman–Crippen LogP) is 3.75. The minimum Gasteiger partial charge on any atom is -0.478 e. The Kier molecular flexibility index (Phi) is 5.44. The van der Waals surface area contributed by atoms with E-state index in [1.807, 2.05) is 0 Å². The molecule has 0 amide bonds. The van der Waals surface area contributed by atoms with E-state index in [9.17, 15) is 14.9 Å². The van der Waals surface area contributed by atoms with Gasteiger partial charge in [-0.15, -0.1) is 0 Å². The summed E-state index contributed by atoms with van der Waals surface area (Å²) < 4.78 is 0.809. The molecule has 0 aliphatic rings. The van der Waals surface area contributed by atoms with Crippen LogP contribution in [0.4, 0.5) is 5.69 Å². The average molecular weight is 326 g/mol. The SMILES string of the molecule is C=C(CCC(Br)=Cc1ccc([N+](=O)[O-])cc1)C(=O)O. The number of hydrogen-bond donors (Lipinski definition) is 1. The van der Waals surface area contributed by atoms with Gasteiger partial charge in [0.25, 0.3) is 5.69 Å². The van der Waals surface area contributed by atoms with Crippen molar-refractivity contribution in [3.63, 3.8) is 0 Å². The molecule has 0 atom stereocenters. The molecule has 0 fully saturated rings. The number of non-ortho nitro benzene ring substituents is 1. The molecule has 0 radical (unpaired) electrons. The third kappa shape index (κ3) is 5.05. The van der Waals surface area contributed by atoms with Gasteiger partial charge in [0.15, 0.2) is 0 Å². The lowest BCUT2D eigenvalue weighted by Gasteiger charge is -2.00. The first-order valence-electron chi connectivity index (χ1n) is 5.41. The molecule has 0 heterocycles. The molecule has 0 bridgehead atoms. The Hall–Kier alpha value is -1.95. The molecule has 0 spiro atoms. The minimum absolute atomic E-state index is 0.0347. The molecule has 1 aromatic carbocycles. The van der Waals surface area contributed by atoms with E-state index < -0.39 is 10.9 Å². The number of halogens is 1. The van der Waals surface area contributed by atoms with Crippen LogP contribution in [0.2, 0.25) is 0 Å². The van der Waals surface area contributed by atoms with E-state index in [2.05, 4.69) is 22.5 Å². The lowest BCUT2D eigenvalue weighted by Crippen LogP contribution is -1.98. The van der Waals surface area contributed by atoms with Crippen molar-refractivity contribution in [2.45, 2.75) is 12.8 Å². The third-order valence-electron chi connectivity index (χ3n) is 2.40. The second kappa shape index (κ2) is 6.84. The van der Waals surface area contributed by atoms with Gasteiger partial charge in [-0.1, -0.05) is 22.5 Å². The summed E-state index contributed by atoms with van der Waals surface area (Å²) >= 11 is 3.33. The highest BCUT2D eigenvalue weighted by atomic mass is 79.9. The zero-order valence-electron chi connectivity index (χ0n) is 10.0. The van der Waals surface area contributed by atoms with Crippen molar-refractivity contribution in [1.29, 1.82) is 0 Å². The minimum atomic E-state index is -1.00. The summed E-state index contributed by atoms with van der Waals surface area (Å²) in [6.07, 6.45) is 2.65. The molecule has 0 unspecified atom stereocenters. The summed E-state index contributed by atoms with van der Waals surface area (Å²) in [7, 11) is 0. The fraction of sp³-hybridized carbons (Fsp3) is 0.154. The van der Waals surface area contributed by atoms with Crippen LogP contribution < -0.4 is 0 Å². The van der Waals surface area contributed by atoms with Gasteiger partial charge in [-0.2, -0.15) is 0 Å². The molecule has 0 aliphatic carbocycles. The molecule has 6 heteroatoms. The van der Waals surface area contributed by atoms with Crippen molar-refractivity contribution in [1.82, 2.24) is 0 Å². The fourth-order valence-electron chi connectivity index (χ4n) is 1.32. The van der Waals surface area contributed by atoms with Crippen LogP contribution in [0.5, 0.6) is 0 Å². The summed E-state index contributed by atoms with van der Waals surface area (Å²) in [5.41, 5.74) is 0.986. The zero-order chi connectivity index (χ0) is 14.4. The van der Waals surface area contributed by atoms with Crippen LogP contribution in [0.15, 0.2) is 40.9 Å². The second-order valence-electron chi connectivity index (χ2n) is 3.85. The molecule has 0 saturated carbocycles. The first-order valence-corrected chi connectivity index (χ1v) is 6.21. The predicted molar refractivity (Wildman–Crippen MR) is 76.0 cm³/mol. The standard InChI is InChI=1S/C13H12BrNO4/c1-9(13(16)17)2-5-11(14)8-10-3-6-12(7-4-10)15(18)19/h3-4,6-8H,1-2,5H2,(H,16,17). The van der Waals surface area contributed by atoms with Crippen LogP contribution in [0, 0.1) is 10.1 Å². The smallest absolute Gasteiger partial charge is 0.330 e. The van der Waals surface area contributed by atoms with Gasteiger partial charge in [-0.3, -0.25) is 10.1 Å². The Morgan fingerprint density at radius 3 is 2.42 bits per heavy atom. The van der Waals surface area contributed by atoms with Crippen LogP contribution in [0.1, 0.15) is 18.4 Å². The number of nitro benzene ring substituents is 1. The number of rotatable bonds is 6. The maximum Gasteiger partial charge on any atom is 0.330 e. The Bertz CT molecular complexity index is 534. The van der Waals surface area contributed by atoms with Gasteiger partial charge in [-0.25, -0.2) is 4.79 Å². The highest BCUT2D eigenvalue weighted by Crippen LogP contribution is 2.21. The van der Waals surface area contributed by atoms with E-state index in [0.29, 0.717) is 12.8 Å². The fourth-order valence-corrected chi connectivity index (χ4v) is 1.79. The van der Waals surface area contributed by atoms with Gasteiger partial charge >= 0.3 is 5.97 Å². The highest BCUT2D eigenvalue weighted by Gasteiger charge is 2.05. The van der Waals surface area contributed by atoms with Gasteiger partial charge in [0.05, 0.1) is 4.92 Å². The van der Waals surface area contributed by atoms with Crippen LogP contribution >= 0.6 is 15.9 Å². The topological polar surface area (TPSA) is 80.4 Å². The van der Waals surface area contributed by atoms with E-state index in [1.165, 1.54) is 12.1 Å². The number of allylic oxidation sites excluding steroid dienone is 1. The van der Waals surface area contributed by atoms with Gasteiger partial charge in [0.2, 0.25) is 0 Å². The summed E-state index contributed by atoms with van der Waals surface area (Å²) in [6.45, 7) is 3.44. The van der Waals surface area contributed by atoms with Crippen LogP contribution in [-0.4, -0.2) is 16.0 Å². The Labute approximate surface area is 118 Å². The van der Waals surface area contributed by atoms with Crippen molar-refractivity contribution in [2.75, 3.05) is 0 Å². The van der Waals surface area contributed by atoms with Crippen molar-refractivity contribution in [3.8, 4) is 0 Å². The molecular formula is C13H12BrNO4. The second-order valence-corrected chi connectivity index (χ2v) is 4.87. The first-order chi connectivity index (χ1) is 8.90. The molecule has 19 heavy (non-hydrogen) atoms. The summed E-state index contributed by atoms with van der Waals surface area (Å²) in [5.74, 6) is -1.00. The maximum absolute atomic E-state index is 10.6. The summed E-state index contributed by atoms with van der Waals surface area (Å²) in [5, 5.41) is 19.2. The van der Waals surface area contributed by atoms with Gasteiger partial charge in [-0.05, 0) is 41.1 Å². The van der Waals surface area contributed by atoms with Crippen molar-refractivity contribution in [3.05, 3.63) is 56.6 Å². The Morgan fingerprint density at radius 2 is 1.95 bits per heavy atom. The lowest BCUT2D eigenvalue weighted by molar-refractivity contribution is -0.384. The maximum atomic E-state index is 10.6. The van der Waals surface area contributed by atoms with Crippen molar-refractivity contribution >= 4 is 33.7 Å². The Balaban J connectivity index is 2.66. The number of carbonyl (C=O) groups is 1. The van der Waals surface area contributed by atoms with Gasteiger partial charge < -0.3 is 5.11 Å². The quantitative estimate of drug-likeness (QED) is 0.490. The molecule has 5 nitrogen and oxygen atoms in total. The van der Waals surface area contributed by atoms with Crippen LogP contribution in [0.25, 0.3) is 6.08 Å². The highest BCUT2D eigenvalue weighted by molar-refractivity contribution is 9.11. The summed E-state index contributed by atoms with van der Waals surface area (Å²) in [4.78, 5) is 20.6. The number of carboxylic acid groups (broad SMARTS) is 1. The first kappa shape index (κ1) is 15.1. The number of hydrogen-bond acceptors (Lipinski definition) is 3. The van der Waals surface area contributed by atoms with E-state index in [-0.39, 0.29) is 11.3 Å². The Morgan fingerprint density at radius 1 is 1.37 bits per heavy atom. The van der Waals surface area contributed by atoms with Crippen LogP contribution in [0.3, 0.4) is 0 Å². The van der Waals surface area contributed by atoms with Gasteiger partial charge in [0.1, 0.15) is 0 Å². The largest absolute Gasteiger partial charge is 0.478 e.